The minimum atomic E-state index is -0.338. The maximum atomic E-state index is 11.3. The Hall–Kier alpha value is -2.99. The van der Waals surface area contributed by atoms with Gasteiger partial charge in [0.2, 0.25) is 0 Å². The number of hydrogen-bond acceptors (Lipinski definition) is 4. The van der Waals surface area contributed by atoms with E-state index in [0.717, 1.165) is 56.2 Å². The number of non-ortho nitro benzene ring substituents is 1. The van der Waals surface area contributed by atoms with Crippen molar-refractivity contribution in [2.24, 2.45) is 0 Å². The van der Waals surface area contributed by atoms with Gasteiger partial charge in [0.05, 0.1) is 27.3 Å². The molecule has 3 aromatic carbocycles. The minimum absolute atomic E-state index is 0.113. The van der Waals surface area contributed by atoms with Gasteiger partial charge >= 0.3 is 0 Å². The maximum absolute atomic E-state index is 11.3. The Kier molecular flexibility index (Phi) is 3.62. The molecule has 0 saturated carbocycles. The number of hydrogen-bond donors (Lipinski definition) is 0. The lowest BCUT2D eigenvalue weighted by Crippen LogP contribution is -2.15. The quantitative estimate of drug-likeness (QED) is 0.235. The van der Waals surface area contributed by atoms with Crippen LogP contribution in [0.15, 0.2) is 65.1 Å². The van der Waals surface area contributed by atoms with E-state index in [1.54, 1.807) is 12.1 Å². The van der Waals surface area contributed by atoms with E-state index in [1.807, 2.05) is 42.5 Å². The number of benzene rings is 3. The van der Waals surface area contributed by atoms with Crippen LogP contribution in [0.1, 0.15) is 5.56 Å². The molecule has 132 valence electrons. The molecule has 0 atom stereocenters. The van der Waals surface area contributed by atoms with Crippen molar-refractivity contribution < 1.29 is 4.92 Å². The van der Waals surface area contributed by atoms with Crippen LogP contribution in [0, 0.1) is 10.1 Å². The highest BCUT2D eigenvalue weighted by Gasteiger charge is 2.27. The van der Waals surface area contributed by atoms with Gasteiger partial charge in [0.25, 0.3) is 5.69 Å². The lowest BCUT2D eigenvalue weighted by molar-refractivity contribution is -0.384. The molecule has 0 unspecified atom stereocenters. The second-order valence-electron chi connectivity index (χ2n) is 6.58. The number of nitrogens with zero attached hydrogens (tertiary/aromatic N) is 3. The number of para-hydroxylation sites is 1. The Balaban J connectivity index is 1.86. The van der Waals surface area contributed by atoms with Crippen LogP contribution < -0.4 is 4.90 Å². The fraction of sp³-hybridized carbons (Fsp3) is 0.0952. The molecule has 0 radical (unpaired) electrons. The largest absolute Gasteiger partial charge is 0.340 e. The molecule has 0 fully saturated rings. The number of pyridine rings is 1. The molecule has 4 aromatic rings. The van der Waals surface area contributed by atoms with Gasteiger partial charge in [-0.2, -0.15) is 0 Å². The van der Waals surface area contributed by atoms with Crippen LogP contribution in [0.2, 0.25) is 0 Å². The summed E-state index contributed by atoms with van der Waals surface area (Å²) in [5.41, 5.74) is 5.00. The number of aromatic nitrogens is 1. The smallest absolute Gasteiger partial charge is 0.271 e. The first-order valence-electron chi connectivity index (χ1n) is 8.65. The van der Waals surface area contributed by atoms with Gasteiger partial charge in [0.1, 0.15) is 0 Å². The molecule has 1 aliphatic heterocycles. The van der Waals surface area contributed by atoms with Crippen molar-refractivity contribution in [3.05, 3.63) is 80.8 Å². The lowest BCUT2D eigenvalue weighted by Gasteiger charge is -2.24. The standard InChI is InChI=1S/C21H14BrN3O2/c22-16-5-3-7-18-20(16)21(15-4-1-2-6-17(15)23-18)24-11-10-13-8-9-14(25(26)27)12-19(13)24/h1-9,12H,10-11H2. The monoisotopic (exact) mass is 419 g/mol. The summed E-state index contributed by atoms with van der Waals surface area (Å²) in [7, 11) is 0. The predicted molar refractivity (Wildman–Crippen MR) is 111 cm³/mol. The number of nitro benzene ring substituents is 1. The third-order valence-electron chi connectivity index (χ3n) is 5.07. The second-order valence-corrected chi connectivity index (χ2v) is 7.44. The van der Waals surface area contributed by atoms with Crippen LogP contribution in [-0.4, -0.2) is 16.5 Å². The minimum Gasteiger partial charge on any atom is -0.340 e. The zero-order valence-electron chi connectivity index (χ0n) is 14.2. The summed E-state index contributed by atoms with van der Waals surface area (Å²) in [6, 6.07) is 19.2. The normalized spacial score (nSPS) is 13.3. The highest BCUT2D eigenvalue weighted by Crippen LogP contribution is 2.44. The number of nitro groups is 1. The van der Waals surface area contributed by atoms with Crippen LogP contribution in [0.25, 0.3) is 21.8 Å². The Labute approximate surface area is 163 Å². The molecule has 2 heterocycles. The van der Waals surface area contributed by atoms with E-state index in [9.17, 15) is 10.1 Å². The van der Waals surface area contributed by atoms with Crippen molar-refractivity contribution in [1.29, 1.82) is 0 Å². The molecule has 5 rings (SSSR count). The van der Waals surface area contributed by atoms with E-state index in [0.29, 0.717) is 0 Å². The molecule has 27 heavy (non-hydrogen) atoms. The third kappa shape index (κ3) is 2.48. The molecule has 5 nitrogen and oxygen atoms in total. The van der Waals surface area contributed by atoms with Gasteiger partial charge in [-0.05, 0) is 30.2 Å². The zero-order valence-corrected chi connectivity index (χ0v) is 15.8. The van der Waals surface area contributed by atoms with Gasteiger partial charge in [-0.25, -0.2) is 4.98 Å². The first kappa shape index (κ1) is 16.2. The van der Waals surface area contributed by atoms with E-state index in [1.165, 1.54) is 0 Å². The van der Waals surface area contributed by atoms with Crippen molar-refractivity contribution in [1.82, 2.24) is 4.98 Å². The topological polar surface area (TPSA) is 59.3 Å². The molecule has 0 N–H and O–H groups in total. The Morgan fingerprint density at radius 2 is 1.85 bits per heavy atom. The summed E-state index contributed by atoms with van der Waals surface area (Å²) in [5, 5.41) is 13.4. The van der Waals surface area contributed by atoms with Crippen molar-refractivity contribution in [3.8, 4) is 0 Å². The van der Waals surface area contributed by atoms with Gasteiger partial charge in [0, 0.05) is 33.9 Å². The number of halogens is 1. The Bertz CT molecular complexity index is 1240. The van der Waals surface area contributed by atoms with Crippen LogP contribution >= 0.6 is 15.9 Å². The van der Waals surface area contributed by atoms with E-state index >= 15 is 0 Å². The summed E-state index contributed by atoms with van der Waals surface area (Å²) < 4.78 is 0.965. The van der Waals surface area contributed by atoms with Crippen LogP contribution in [0.3, 0.4) is 0 Å². The SMILES string of the molecule is O=[N+]([O-])c1ccc2c(c1)N(c1c3ccccc3nc3cccc(Br)c13)CC2. The maximum Gasteiger partial charge on any atom is 0.271 e. The van der Waals surface area contributed by atoms with E-state index in [-0.39, 0.29) is 10.6 Å². The summed E-state index contributed by atoms with van der Waals surface area (Å²) in [6.07, 6.45) is 0.857. The molecule has 0 spiro atoms. The molecule has 0 saturated heterocycles. The highest BCUT2D eigenvalue weighted by molar-refractivity contribution is 9.10. The molecular weight excluding hydrogens is 406 g/mol. The van der Waals surface area contributed by atoms with Gasteiger partial charge in [-0.3, -0.25) is 10.1 Å². The van der Waals surface area contributed by atoms with Crippen molar-refractivity contribution >= 4 is 54.8 Å². The zero-order chi connectivity index (χ0) is 18.5. The van der Waals surface area contributed by atoms with E-state index < -0.39 is 0 Å². The average molecular weight is 420 g/mol. The van der Waals surface area contributed by atoms with Crippen LogP contribution in [0.5, 0.6) is 0 Å². The molecular formula is C21H14BrN3O2. The molecule has 0 aliphatic carbocycles. The van der Waals surface area contributed by atoms with Crippen LogP contribution in [-0.2, 0) is 6.42 Å². The van der Waals surface area contributed by atoms with Gasteiger partial charge in [0.15, 0.2) is 0 Å². The van der Waals surface area contributed by atoms with Crippen molar-refractivity contribution in [3.63, 3.8) is 0 Å². The third-order valence-corrected chi connectivity index (χ3v) is 5.73. The van der Waals surface area contributed by atoms with Crippen LogP contribution in [0.4, 0.5) is 17.1 Å². The van der Waals surface area contributed by atoms with Crippen molar-refractivity contribution in [2.75, 3.05) is 11.4 Å². The Morgan fingerprint density at radius 1 is 1.04 bits per heavy atom. The fourth-order valence-corrected chi connectivity index (χ4v) is 4.41. The summed E-state index contributed by atoms with van der Waals surface area (Å²) >= 11 is 3.68. The number of rotatable bonds is 2. The first-order chi connectivity index (χ1) is 13.1. The first-order valence-corrected chi connectivity index (χ1v) is 9.44. The molecule has 0 amide bonds. The Morgan fingerprint density at radius 3 is 2.70 bits per heavy atom. The van der Waals surface area contributed by atoms with Gasteiger partial charge in [-0.1, -0.05) is 46.3 Å². The van der Waals surface area contributed by atoms with Gasteiger partial charge < -0.3 is 4.90 Å². The molecule has 1 aliphatic rings. The lowest BCUT2D eigenvalue weighted by atomic mass is 10.1. The molecule has 0 bridgehead atoms. The second kappa shape index (κ2) is 6.03. The van der Waals surface area contributed by atoms with E-state index in [4.69, 9.17) is 4.98 Å². The summed E-state index contributed by atoms with van der Waals surface area (Å²) in [4.78, 5) is 18.0. The van der Waals surface area contributed by atoms with Crippen molar-refractivity contribution in [2.45, 2.75) is 6.42 Å². The fourth-order valence-electron chi connectivity index (χ4n) is 3.87. The van der Waals surface area contributed by atoms with E-state index in [2.05, 4.69) is 26.9 Å². The predicted octanol–water partition coefficient (Wildman–Crippen LogP) is 5.75. The summed E-state index contributed by atoms with van der Waals surface area (Å²) in [5.74, 6) is 0. The average Bonchev–Trinajstić information content (AvgIpc) is 3.09. The van der Waals surface area contributed by atoms with Gasteiger partial charge in [-0.15, -0.1) is 0 Å². The number of fused-ring (bicyclic) bond motifs is 3. The molecule has 1 aromatic heterocycles. The number of anilines is 2. The molecule has 6 heteroatoms. The summed E-state index contributed by atoms with van der Waals surface area (Å²) in [6.45, 7) is 0.779. The highest BCUT2D eigenvalue weighted by atomic mass is 79.9.